The van der Waals surface area contributed by atoms with Crippen LogP contribution in [0.15, 0.2) is 35.9 Å². The maximum absolute atomic E-state index is 13.7. The van der Waals surface area contributed by atoms with Gasteiger partial charge in [-0.1, -0.05) is 24.3 Å². The maximum atomic E-state index is 13.7. The fourth-order valence-corrected chi connectivity index (χ4v) is 5.03. The number of aromatic amines is 1. The van der Waals surface area contributed by atoms with Crippen LogP contribution in [0.4, 0.5) is 0 Å². The molecule has 4 rings (SSSR count). The number of benzene rings is 1. The fraction of sp³-hybridized carbons (Fsp3) is 0.476. The molecule has 2 aliphatic heterocycles. The predicted molar refractivity (Wildman–Crippen MR) is 103 cm³/mol. The van der Waals surface area contributed by atoms with Gasteiger partial charge in [-0.2, -0.15) is 0 Å². The van der Waals surface area contributed by atoms with Gasteiger partial charge in [-0.25, -0.2) is 0 Å². The number of allylic oxidation sites excluding steroid dienone is 1. The smallest absolute Gasteiger partial charge is 0.311 e. The van der Waals surface area contributed by atoms with Crippen molar-refractivity contribution in [1.29, 1.82) is 0 Å². The Kier molecular flexibility index (Phi) is 4.58. The monoisotopic (exact) mass is 370 g/mol. The molecule has 6 nitrogen and oxygen atoms in total. The van der Waals surface area contributed by atoms with Crippen LogP contribution < -0.4 is 0 Å². The number of ether oxygens (including phenoxy) is 1. The number of fused-ring (bicyclic) bond motifs is 5. The van der Waals surface area contributed by atoms with E-state index in [-0.39, 0.29) is 23.2 Å². The molecule has 0 bridgehead atoms. The van der Waals surface area contributed by atoms with Gasteiger partial charge in [0.25, 0.3) is 0 Å². The normalized spacial score (nSPS) is 30.0. The maximum Gasteiger partial charge on any atom is 0.311 e. The molecule has 0 aliphatic carbocycles. The molecule has 0 radical (unpaired) electrons. The Labute approximate surface area is 158 Å². The molecule has 0 spiro atoms. The lowest BCUT2D eigenvalue weighted by Crippen LogP contribution is -2.56. The Morgan fingerprint density at radius 2 is 2.26 bits per heavy atom. The van der Waals surface area contributed by atoms with Crippen molar-refractivity contribution in [3.63, 3.8) is 0 Å². The minimum atomic E-state index is -0.635. The summed E-state index contributed by atoms with van der Waals surface area (Å²) in [6, 6.07) is 7.89. The van der Waals surface area contributed by atoms with E-state index in [4.69, 9.17) is 4.74 Å². The summed E-state index contributed by atoms with van der Waals surface area (Å²) in [7, 11) is 1.34. The second-order valence-electron chi connectivity index (χ2n) is 7.68. The van der Waals surface area contributed by atoms with Crippen LogP contribution >= 0.6 is 0 Å². The number of rotatable bonds is 3. The van der Waals surface area contributed by atoms with Gasteiger partial charge in [0.1, 0.15) is 12.6 Å². The van der Waals surface area contributed by atoms with Crippen molar-refractivity contribution in [2.75, 3.05) is 26.8 Å². The van der Waals surface area contributed by atoms with Crippen molar-refractivity contribution in [3.8, 4) is 0 Å². The van der Waals surface area contributed by atoms with Gasteiger partial charge in [0, 0.05) is 29.7 Å². The molecular formula is C21H26N2O4. The highest BCUT2D eigenvalue weighted by Crippen LogP contribution is 2.48. The van der Waals surface area contributed by atoms with E-state index in [1.807, 2.05) is 31.2 Å². The fourth-order valence-electron chi connectivity index (χ4n) is 5.03. The van der Waals surface area contributed by atoms with E-state index in [0.717, 1.165) is 23.2 Å². The van der Waals surface area contributed by atoms with Gasteiger partial charge in [-0.05, 0) is 24.1 Å². The summed E-state index contributed by atoms with van der Waals surface area (Å²) in [5, 5.41) is 24.7. The molecule has 27 heavy (non-hydrogen) atoms. The molecule has 0 amide bonds. The van der Waals surface area contributed by atoms with Crippen molar-refractivity contribution >= 4 is 16.9 Å². The lowest BCUT2D eigenvalue weighted by Gasteiger charge is -2.56. The van der Waals surface area contributed by atoms with E-state index < -0.39 is 11.9 Å². The topological polar surface area (TPSA) is 85.4 Å². The van der Waals surface area contributed by atoms with Crippen molar-refractivity contribution < 1.29 is 19.3 Å². The zero-order valence-electron chi connectivity index (χ0n) is 15.8. The highest BCUT2D eigenvalue weighted by atomic mass is 16.5. The van der Waals surface area contributed by atoms with Gasteiger partial charge in [0.2, 0.25) is 0 Å². The molecule has 4 atom stereocenters. The van der Waals surface area contributed by atoms with Gasteiger partial charge in [-0.3, -0.25) is 4.79 Å². The molecule has 1 aromatic heterocycles. The summed E-state index contributed by atoms with van der Waals surface area (Å²) in [6.45, 7) is 2.51. The summed E-state index contributed by atoms with van der Waals surface area (Å²) in [4.78, 5) is 15.7. The van der Waals surface area contributed by atoms with Crippen molar-refractivity contribution in [3.05, 3.63) is 52.4 Å². The van der Waals surface area contributed by atoms with Crippen LogP contribution in [0.2, 0.25) is 0 Å². The first-order valence-corrected chi connectivity index (χ1v) is 9.53. The van der Waals surface area contributed by atoms with E-state index in [1.54, 1.807) is 0 Å². The number of carbonyl (C=O) groups is 1. The van der Waals surface area contributed by atoms with Gasteiger partial charge < -0.3 is 24.7 Å². The largest absolute Gasteiger partial charge is 0.632 e. The molecule has 1 fully saturated rings. The van der Waals surface area contributed by atoms with Crippen LogP contribution in [0, 0.1) is 17.0 Å². The van der Waals surface area contributed by atoms with Gasteiger partial charge in [0.15, 0.2) is 0 Å². The molecule has 1 aromatic carbocycles. The number of aromatic nitrogens is 1. The lowest BCUT2D eigenvalue weighted by molar-refractivity contribution is -0.914. The average molecular weight is 370 g/mol. The third-order valence-electron chi connectivity index (χ3n) is 6.45. The van der Waals surface area contributed by atoms with E-state index in [2.05, 4.69) is 11.1 Å². The Hall–Kier alpha value is -2.15. The molecule has 2 N–H and O–H groups in total. The standard InChI is InChI=1S/C21H26N2O4/c1-3-13-11-23(26)9-8-15-14-6-4-5-7-18(14)22-20(15)19(23)10-16(13)17(12-24)21(25)27-2/h3-7,16-17,19,22,24H,8-12H2,1-2H3/b13-3+/t16-,17-,19-,23-/m0/s1. The number of methoxy groups -OCH3 is 1. The van der Waals surface area contributed by atoms with Crippen molar-refractivity contribution in [1.82, 2.24) is 4.98 Å². The number of nitrogens with one attached hydrogen (secondary N) is 1. The van der Waals surface area contributed by atoms with E-state index in [0.29, 0.717) is 19.5 Å². The van der Waals surface area contributed by atoms with E-state index >= 15 is 0 Å². The van der Waals surface area contributed by atoms with Crippen LogP contribution in [0.1, 0.15) is 30.6 Å². The molecule has 2 aliphatic rings. The minimum Gasteiger partial charge on any atom is -0.632 e. The number of hydrogen-bond donors (Lipinski definition) is 2. The molecule has 6 heteroatoms. The minimum absolute atomic E-state index is 0.185. The molecule has 0 unspecified atom stereocenters. The number of H-pyrrole nitrogens is 1. The van der Waals surface area contributed by atoms with Crippen LogP contribution in [-0.2, 0) is 16.0 Å². The Morgan fingerprint density at radius 3 is 2.96 bits per heavy atom. The summed E-state index contributed by atoms with van der Waals surface area (Å²) < 4.78 is 4.61. The summed E-state index contributed by atoms with van der Waals surface area (Å²) in [5.41, 5.74) is 4.22. The molecule has 3 heterocycles. The summed E-state index contributed by atoms with van der Waals surface area (Å²) in [6.07, 6.45) is 3.22. The second kappa shape index (κ2) is 6.78. The first-order chi connectivity index (χ1) is 13.0. The highest BCUT2D eigenvalue weighted by molar-refractivity contribution is 5.85. The van der Waals surface area contributed by atoms with Crippen LogP contribution in [0.5, 0.6) is 0 Å². The number of hydroxylamine groups is 3. The number of esters is 1. The SMILES string of the molecule is C/C=C1\C[N@@+]2([O-])CCc3c([nH]c4ccccc34)[C@@H]2C[C@@H]1[C@H](CO)C(=O)OC. The third kappa shape index (κ3) is 2.79. The Bertz CT molecular complexity index is 903. The van der Waals surface area contributed by atoms with Crippen molar-refractivity contribution in [2.24, 2.45) is 11.8 Å². The number of para-hydroxylation sites is 1. The number of piperidine rings is 1. The summed E-state index contributed by atoms with van der Waals surface area (Å²) in [5.74, 6) is -1.24. The average Bonchev–Trinajstić information content (AvgIpc) is 3.06. The molecule has 144 valence electrons. The quantitative estimate of drug-likeness (QED) is 0.377. The van der Waals surface area contributed by atoms with E-state index in [1.165, 1.54) is 18.1 Å². The van der Waals surface area contributed by atoms with Gasteiger partial charge >= 0.3 is 5.97 Å². The number of aliphatic hydroxyl groups excluding tert-OH is 1. The lowest BCUT2D eigenvalue weighted by atomic mass is 9.75. The van der Waals surface area contributed by atoms with Gasteiger partial charge in [-0.15, -0.1) is 0 Å². The number of nitrogens with zero attached hydrogens (tertiary/aromatic N) is 1. The Balaban J connectivity index is 1.78. The predicted octanol–water partition coefficient (Wildman–Crippen LogP) is 2.83. The highest BCUT2D eigenvalue weighted by Gasteiger charge is 2.48. The number of carbonyl (C=O) groups excluding carboxylic acids is 1. The number of aliphatic hydroxyl groups is 1. The van der Waals surface area contributed by atoms with Crippen LogP contribution in [0.3, 0.4) is 0 Å². The first-order valence-electron chi connectivity index (χ1n) is 9.53. The van der Waals surface area contributed by atoms with E-state index in [9.17, 15) is 15.1 Å². The summed E-state index contributed by atoms with van der Waals surface area (Å²) >= 11 is 0. The molecule has 2 aromatic rings. The number of quaternary nitrogens is 1. The van der Waals surface area contributed by atoms with Crippen LogP contribution in [0.25, 0.3) is 10.9 Å². The first kappa shape index (κ1) is 18.2. The zero-order chi connectivity index (χ0) is 19.2. The Morgan fingerprint density at radius 1 is 1.48 bits per heavy atom. The second-order valence-corrected chi connectivity index (χ2v) is 7.68. The third-order valence-corrected chi connectivity index (χ3v) is 6.45. The molecular weight excluding hydrogens is 344 g/mol. The zero-order valence-corrected chi connectivity index (χ0v) is 15.8. The van der Waals surface area contributed by atoms with Crippen LogP contribution in [-0.4, -0.2) is 47.5 Å². The van der Waals surface area contributed by atoms with Crippen molar-refractivity contribution in [2.45, 2.75) is 25.8 Å². The molecule has 0 saturated carbocycles. The number of hydrogen-bond acceptors (Lipinski definition) is 4. The molecule has 1 saturated heterocycles. The van der Waals surface area contributed by atoms with Gasteiger partial charge in [0.05, 0.1) is 31.9 Å².